The molecule has 0 spiro atoms. The molecule has 0 bridgehead atoms. The van der Waals surface area contributed by atoms with Gasteiger partial charge >= 0.3 is 0 Å². The highest BCUT2D eigenvalue weighted by Gasteiger charge is 2.23. The molecule has 0 saturated heterocycles. The number of benzene rings is 2. The molecule has 1 amide bonds. The number of nitrogens with zero attached hydrogens (tertiary/aromatic N) is 3. The highest BCUT2D eigenvalue weighted by molar-refractivity contribution is 7.23. The molecule has 0 aliphatic rings. The van der Waals surface area contributed by atoms with E-state index in [0.29, 0.717) is 40.1 Å². The van der Waals surface area contributed by atoms with Crippen LogP contribution in [0.1, 0.15) is 22.8 Å². The lowest BCUT2D eigenvalue weighted by Gasteiger charge is -2.20. The summed E-state index contributed by atoms with van der Waals surface area (Å²) in [6, 6.07) is 14.4. The van der Waals surface area contributed by atoms with Gasteiger partial charge < -0.3 is 9.47 Å². The van der Waals surface area contributed by atoms with Crippen molar-refractivity contribution in [2.75, 3.05) is 18.6 Å². The Kier molecular flexibility index (Phi) is 6.34. The Hall–Kier alpha value is -3.16. The van der Waals surface area contributed by atoms with Gasteiger partial charge in [0.05, 0.1) is 30.0 Å². The number of carbonyl (C=O) groups excluding carboxylic acids is 1. The van der Waals surface area contributed by atoms with Gasteiger partial charge in [-0.05, 0) is 55.0 Å². The van der Waals surface area contributed by atoms with Gasteiger partial charge in [0.1, 0.15) is 17.0 Å². The maximum absolute atomic E-state index is 13.5. The van der Waals surface area contributed by atoms with Crippen LogP contribution in [-0.4, -0.2) is 29.6 Å². The number of aromatic nitrogens is 2. The van der Waals surface area contributed by atoms with Crippen molar-refractivity contribution in [2.45, 2.75) is 13.5 Å². The molecule has 4 rings (SSSR count). The summed E-state index contributed by atoms with van der Waals surface area (Å²) < 4.78 is 11.7. The van der Waals surface area contributed by atoms with E-state index in [1.165, 1.54) is 11.3 Å². The third-order valence-electron chi connectivity index (χ3n) is 4.62. The summed E-state index contributed by atoms with van der Waals surface area (Å²) in [5, 5.41) is 1.10. The predicted molar refractivity (Wildman–Crippen MR) is 124 cm³/mol. The predicted octanol–water partition coefficient (Wildman–Crippen LogP) is 5.60. The number of methoxy groups -OCH3 is 1. The van der Waals surface area contributed by atoms with Crippen molar-refractivity contribution >= 4 is 44.2 Å². The summed E-state index contributed by atoms with van der Waals surface area (Å²) in [5.74, 6) is 1.15. The highest BCUT2D eigenvalue weighted by Crippen LogP contribution is 2.39. The van der Waals surface area contributed by atoms with Crippen LogP contribution in [0.4, 0.5) is 5.13 Å². The van der Waals surface area contributed by atoms with Crippen molar-refractivity contribution in [3.8, 4) is 11.5 Å². The quantitative estimate of drug-likeness (QED) is 0.364. The normalized spacial score (nSPS) is 10.8. The van der Waals surface area contributed by atoms with E-state index in [4.69, 9.17) is 26.1 Å². The number of anilines is 1. The molecule has 0 aliphatic heterocycles. The fraction of sp³-hybridized carbons (Fsp3) is 0.174. The summed E-state index contributed by atoms with van der Waals surface area (Å²) in [6.45, 7) is 2.80. The van der Waals surface area contributed by atoms with Gasteiger partial charge in [0.25, 0.3) is 5.91 Å². The number of amides is 1. The lowest BCUT2D eigenvalue weighted by Crippen LogP contribution is -2.30. The van der Waals surface area contributed by atoms with E-state index in [1.54, 1.807) is 60.8 Å². The van der Waals surface area contributed by atoms with E-state index in [0.717, 1.165) is 16.0 Å². The Morgan fingerprint density at radius 2 is 1.97 bits per heavy atom. The molecule has 2 aromatic heterocycles. The number of halogens is 1. The van der Waals surface area contributed by atoms with Crippen LogP contribution >= 0.6 is 22.9 Å². The summed E-state index contributed by atoms with van der Waals surface area (Å²) in [6.07, 6.45) is 3.43. The van der Waals surface area contributed by atoms with Crippen molar-refractivity contribution < 1.29 is 14.3 Å². The zero-order valence-electron chi connectivity index (χ0n) is 17.0. The first-order chi connectivity index (χ1) is 15.1. The van der Waals surface area contributed by atoms with Gasteiger partial charge in [0, 0.05) is 18.0 Å². The lowest BCUT2D eigenvalue weighted by molar-refractivity contribution is 0.0985. The first-order valence-electron chi connectivity index (χ1n) is 9.67. The highest BCUT2D eigenvalue weighted by atomic mass is 35.5. The zero-order chi connectivity index (χ0) is 21.8. The SMILES string of the molecule is CCOc1ccc(C(=O)N(Cc2cccnc2)c2nc3c(OC)ccc(Cl)c3s2)cc1. The molecule has 8 heteroatoms. The Labute approximate surface area is 189 Å². The largest absolute Gasteiger partial charge is 0.494 e. The van der Waals surface area contributed by atoms with Crippen molar-refractivity contribution in [1.29, 1.82) is 0 Å². The van der Waals surface area contributed by atoms with Crippen LogP contribution in [0.5, 0.6) is 11.5 Å². The molecule has 158 valence electrons. The van der Waals surface area contributed by atoms with Crippen LogP contribution in [0.3, 0.4) is 0 Å². The van der Waals surface area contributed by atoms with Crippen molar-refractivity contribution in [3.63, 3.8) is 0 Å². The molecule has 0 N–H and O–H groups in total. The summed E-state index contributed by atoms with van der Waals surface area (Å²) >= 11 is 7.75. The minimum absolute atomic E-state index is 0.180. The van der Waals surface area contributed by atoms with Crippen molar-refractivity contribution in [1.82, 2.24) is 9.97 Å². The first-order valence-corrected chi connectivity index (χ1v) is 10.9. The average Bonchev–Trinajstić information content (AvgIpc) is 3.25. The molecule has 2 heterocycles. The van der Waals surface area contributed by atoms with Crippen LogP contribution in [0.25, 0.3) is 10.2 Å². The molecular formula is C23H20ClN3O3S. The number of rotatable bonds is 7. The maximum atomic E-state index is 13.5. The third-order valence-corrected chi connectivity index (χ3v) is 6.16. The number of ether oxygens (including phenoxy) is 2. The molecule has 0 atom stereocenters. The number of carbonyl (C=O) groups is 1. The van der Waals surface area contributed by atoms with E-state index in [9.17, 15) is 4.79 Å². The standard InChI is InChI=1S/C23H20ClN3O3S/c1-3-30-17-8-6-16(7-9-17)22(28)27(14-15-5-4-12-25-13-15)23-26-20-19(29-2)11-10-18(24)21(20)31-23/h4-13H,3,14H2,1-2H3. The maximum Gasteiger partial charge on any atom is 0.260 e. The third kappa shape index (κ3) is 4.47. The van der Waals surface area contributed by atoms with Crippen LogP contribution in [-0.2, 0) is 6.54 Å². The minimum Gasteiger partial charge on any atom is -0.494 e. The fourth-order valence-corrected chi connectivity index (χ4v) is 4.39. The first kappa shape index (κ1) is 21.1. The molecule has 0 fully saturated rings. The average molecular weight is 454 g/mol. The second-order valence-electron chi connectivity index (χ2n) is 6.63. The molecule has 0 radical (unpaired) electrons. The molecule has 4 aromatic rings. The van der Waals surface area contributed by atoms with Gasteiger partial charge in [0.2, 0.25) is 0 Å². The Balaban J connectivity index is 1.76. The topological polar surface area (TPSA) is 64.5 Å². The second-order valence-corrected chi connectivity index (χ2v) is 8.02. The minimum atomic E-state index is -0.180. The van der Waals surface area contributed by atoms with Crippen LogP contribution in [0, 0.1) is 0 Å². The molecular weight excluding hydrogens is 434 g/mol. The van der Waals surface area contributed by atoms with E-state index >= 15 is 0 Å². The smallest absolute Gasteiger partial charge is 0.260 e. The van der Waals surface area contributed by atoms with Gasteiger partial charge in [-0.1, -0.05) is 29.0 Å². The molecule has 2 aromatic carbocycles. The molecule has 0 unspecified atom stereocenters. The van der Waals surface area contributed by atoms with E-state index < -0.39 is 0 Å². The van der Waals surface area contributed by atoms with Gasteiger partial charge in [-0.3, -0.25) is 14.7 Å². The molecule has 0 saturated carbocycles. The van der Waals surface area contributed by atoms with Gasteiger partial charge in [-0.2, -0.15) is 0 Å². The molecule has 0 aliphatic carbocycles. The molecule has 31 heavy (non-hydrogen) atoms. The van der Waals surface area contributed by atoms with E-state index in [-0.39, 0.29) is 5.91 Å². The van der Waals surface area contributed by atoms with Gasteiger partial charge in [0.15, 0.2) is 5.13 Å². The molecule has 6 nitrogen and oxygen atoms in total. The Bertz CT molecular complexity index is 1200. The monoisotopic (exact) mass is 453 g/mol. The Morgan fingerprint density at radius 1 is 1.16 bits per heavy atom. The summed E-state index contributed by atoms with van der Waals surface area (Å²) in [4.78, 5) is 24.0. The van der Waals surface area contributed by atoms with Crippen molar-refractivity contribution in [3.05, 3.63) is 77.1 Å². The van der Waals surface area contributed by atoms with E-state index in [2.05, 4.69) is 4.98 Å². The summed E-state index contributed by atoms with van der Waals surface area (Å²) in [7, 11) is 1.58. The van der Waals surface area contributed by atoms with Crippen LogP contribution < -0.4 is 14.4 Å². The number of fused-ring (bicyclic) bond motifs is 1. The second kappa shape index (κ2) is 9.32. The van der Waals surface area contributed by atoms with Gasteiger partial charge in [-0.25, -0.2) is 4.98 Å². The number of hydrogen-bond donors (Lipinski definition) is 0. The fourth-order valence-electron chi connectivity index (χ4n) is 3.14. The van der Waals surface area contributed by atoms with E-state index in [1.807, 2.05) is 19.1 Å². The van der Waals surface area contributed by atoms with Crippen LogP contribution in [0.15, 0.2) is 60.9 Å². The Morgan fingerprint density at radius 3 is 2.65 bits per heavy atom. The van der Waals surface area contributed by atoms with Gasteiger partial charge in [-0.15, -0.1) is 0 Å². The number of hydrogen-bond acceptors (Lipinski definition) is 6. The van der Waals surface area contributed by atoms with Crippen LogP contribution in [0.2, 0.25) is 5.02 Å². The number of thiazole rings is 1. The lowest BCUT2D eigenvalue weighted by atomic mass is 10.2. The van der Waals surface area contributed by atoms with Crippen molar-refractivity contribution in [2.24, 2.45) is 0 Å². The zero-order valence-corrected chi connectivity index (χ0v) is 18.6. The number of pyridine rings is 1. The summed E-state index contributed by atoms with van der Waals surface area (Å²) in [5.41, 5.74) is 2.05.